The van der Waals surface area contributed by atoms with Crippen LogP contribution in [0.4, 0.5) is 0 Å². The van der Waals surface area contributed by atoms with Crippen molar-refractivity contribution in [3.8, 4) is 10.6 Å². The molecule has 30 heavy (non-hydrogen) atoms. The first kappa shape index (κ1) is 19.5. The van der Waals surface area contributed by atoms with Gasteiger partial charge in [0.05, 0.1) is 17.6 Å². The van der Waals surface area contributed by atoms with Crippen LogP contribution in [0, 0.1) is 5.21 Å². The van der Waals surface area contributed by atoms with Gasteiger partial charge in [-0.15, -0.1) is 11.3 Å². The molecule has 0 atom stereocenters. The molecule has 150 valence electrons. The number of hydrogen-bond acceptors (Lipinski definition) is 6. The van der Waals surface area contributed by atoms with E-state index in [0.29, 0.717) is 11.3 Å². The van der Waals surface area contributed by atoms with E-state index in [2.05, 4.69) is 4.98 Å². The number of rotatable bonds is 7. The van der Waals surface area contributed by atoms with Crippen LogP contribution in [0.3, 0.4) is 0 Å². The molecule has 0 aliphatic carbocycles. The quantitative estimate of drug-likeness (QED) is 0.199. The molecule has 3 aromatic heterocycles. The van der Waals surface area contributed by atoms with Crippen molar-refractivity contribution in [3.63, 3.8) is 0 Å². The van der Waals surface area contributed by atoms with E-state index < -0.39 is 5.97 Å². The van der Waals surface area contributed by atoms with Gasteiger partial charge in [0.1, 0.15) is 11.9 Å². The van der Waals surface area contributed by atoms with Crippen molar-refractivity contribution >= 4 is 23.4 Å². The first-order chi connectivity index (χ1) is 14.7. The van der Waals surface area contributed by atoms with Crippen molar-refractivity contribution in [1.29, 1.82) is 0 Å². The first-order valence-electron chi connectivity index (χ1n) is 9.22. The predicted octanol–water partition coefficient (Wildman–Crippen LogP) is 3.44. The van der Waals surface area contributed by atoms with Crippen LogP contribution in [0.2, 0.25) is 0 Å². The molecule has 0 bridgehead atoms. The molecule has 3 heterocycles. The van der Waals surface area contributed by atoms with Gasteiger partial charge in [-0.1, -0.05) is 36.4 Å². The number of aromatic nitrogens is 4. The van der Waals surface area contributed by atoms with Crippen molar-refractivity contribution in [2.75, 3.05) is 0 Å². The van der Waals surface area contributed by atoms with E-state index in [-0.39, 0.29) is 12.4 Å². The fourth-order valence-electron chi connectivity index (χ4n) is 2.85. The van der Waals surface area contributed by atoms with Crippen LogP contribution in [-0.4, -0.2) is 20.7 Å². The molecular formula is C22H18N4O3S. The smallest absolute Gasteiger partial charge is 0.339 e. The third kappa shape index (κ3) is 4.79. The molecule has 0 radical (unpaired) electrons. The number of thiophene rings is 1. The second-order valence-electron chi connectivity index (χ2n) is 6.40. The maximum atomic E-state index is 12.1. The SMILES string of the molecule is O=C(/C=C/c1cn(Cc2ccccc2)nc1-c1cccs1)OCc1nccc[n+]1[O-]. The van der Waals surface area contributed by atoms with Gasteiger partial charge in [0.2, 0.25) is 0 Å². The van der Waals surface area contributed by atoms with Crippen LogP contribution in [-0.2, 0) is 22.7 Å². The summed E-state index contributed by atoms with van der Waals surface area (Å²) in [6.45, 7) is 0.430. The number of carbonyl (C=O) groups is 1. The number of carbonyl (C=O) groups excluding carboxylic acids is 1. The first-order valence-corrected chi connectivity index (χ1v) is 10.1. The summed E-state index contributed by atoms with van der Waals surface area (Å²) in [6, 6.07) is 15.5. The lowest BCUT2D eigenvalue weighted by molar-refractivity contribution is -0.620. The van der Waals surface area contributed by atoms with Gasteiger partial charge in [0.25, 0.3) is 0 Å². The lowest BCUT2D eigenvalue weighted by Gasteiger charge is -2.04. The number of ether oxygens (including phenoxy) is 1. The molecule has 4 rings (SSSR count). The van der Waals surface area contributed by atoms with Crippen LogP contribution in [0.5, 0.6) is 0 Å². The van der Waals surface area contributed by atoms with E-state index in [4.69, 9.17) is 9.84 Å². The molecule has 0 aliphatic heterocycles. The second kappa shape index (κ2) is 9.15. The van der Waals surface area contributed by atoms with Gasteiger partial charge in [0, 0.05) is 23.9 Å². The summed E-state index contributed by atoms with van der Waals surface area (Å²) in [6.07, 6.45) is 7.69. The monoisotopic (exact) mass is 418 g/mol. The molecule has 0 unspecified atom stereocenters. The minimum absolute atomic E-state index is 0.120. The average molecular weight is 418 g/mol. The maximum absolute atomic E-state index is 12.1. The van der Waals surface area contributed by atoms with Crippen molar-refractivity contribution < 1.29 is 14.3 Å². The lowest BCUT2D eigenvalue weighted by Crippen LogP contribution is -2.33. The normalized spacial score (nSPS) is 11.1. The third-order valence-electron chi connectivity index (χ3n) is 4.26. The molecule has 0 N–H and O–H groups in total. The lowest BCUT2D eigenvalue weighted by atomic mass is 10.2. The highest BCUT2D eigenvalue weighted by Gasteiger charge is 2.12. The van der Waals surface area contributed by atoms with Gasteiger partial charge < -0.3 is 9.94 Å². The summed E-state index contributed by atoms with van der Waals surface area (Å²) >= 11 is 1.58. The molecule has 0 aliphatic rings. The van der Waals surface area contributed by atoms with E-state index in [0.717, 1.165) is 21.7 Å². The largest absolute Gasteiger partial charge is 0.711 e. The number of hydrogen-bond donors (Lipinski definition) is 0. The van der Waals surface area contributed by atoms with Crippen molar-refractivity contribution in [1.82, 2.24) is 14.8 Å². The Balaban J connectivity index is 1.50. The Kier molecular flexibility index (Phi) is 5.95. The van der Waals surface area contributed by atoms with Gasteiger partial charge in [-0.25, -0.2) is 9.52 Å². The minimum Gasteiger partial charge on any atom is -0.711 e. The zero-order chi connectivity index (χ0) is 20.8. The van der Waals surface area contributed by atoms with Crippen molar-refractivity contribution in [2.45, 2.75) is 13.2 Å². The zero-order valence-corrected chi connectivity index (χ0v) is 16.7. The molecule has 7 nitrogen and oxygen atoms in total. The summed E-state index contributed by atoms with van der Waals surface area (Å²) < 4.78 is 7.55. The number of esters is 1. The van der Waals surface area contributed by atoms with E-state index in [1.54, 1.807) is 17.4 Å². The Morgan fingerprint density at radius 1 is 1.20 bits per heavy atom. The van der Waals surface area contributed by atoms with Gasteiger partial charge in [-0.05, 0) is 28.1 Å². The molecule has 0 saturated carbocycles. The highest BCUT2D eigenvalue weighted by molar-refractivity contribution is 7.13. The summed E-state index contributed by atoms with van der Waals surface area (Å²) in [5, 5.41) is 18.3. The number of benzene rings is 1. The highest BCUT2D eigenvalue weighted by Crippen LogP contribution is 2.27. The van der Waals surface area contributed by atoms with E-state index >= 15 is 0 Å². The Labute approximate surface area is 177 Å². The van der Waals surface area contributed by atoms with E-state index in [9.17, 15) is 10.0 Å². The summed E-state index contributed by atoms with van der Waals surface area (Å²) in [4.78, 5) is 17.0. The molecule has 0 amide bonds. The van der Waals surface area contributed by atoms with E-state index in [1.807, 2.05) is 58.7 Å². The number of nitrogens with zero attached hydrogens (tertiary/aromatic N) is 4. The molecule has 0 fully saturated rings. The topological polar surface area (TPSA) is 84.0 Å². The standard InChI is InChI=1S/C22H18N4O3S/c27-21(29-16-20-23-11-5-12-26(20)28)10-9-18-15-25(14-17-6-2-1-3-7-17)24-22(18)19-8-4-13-30-19/h1-13,15H,14,16H2/b10-9+. The van der Waals surface area contributed by atoms with Gasteiger partial charge in [-0.2, -0.15) is 5.10 Å². The summed E-state index contributed by atoms with van der Waals surface area (Å²) in [5.41, 5.74) is 2.74. The fraction of sp³-hybridized carbons (Fsp3) is 0.0909. The minimum atomic E-state index is -0.561. The van der Waals surface area contributed by atoms with Gasteiger partial charge in [-0.3, -0.25) is 4.68 Å². The molecule has 4 aromatic rings. The van der Waals surface area contributed by atoms with Crippen LogP contribution >= 0.6 is 11.3 Å². The van der Waals surface area contributed by atoms with E-state index in [1.165, 1.54) is 24.5 Å². The van der Waals surface area contributed by atoms with Crippen LogP contribution < -0.4 is 4.73 Å². The Morgan fingerprint density at radius 3 is 2.83 bits per heavy atom. The third-order valence-corrected chi connectivity index (χ3v) is 5.14. The highest BCUT2D eigenvalue weighted by atomic mass is 32.1. The average Bonchev–Trinajstić information content (AvgIpc) is 3.42. The molecule has 1 aromatic carbocycles. The summed E-state index contributed by atoms with van der Waals surface area (Å²) in [7, 11) is 0. The van der Waals surface area contributed by atoms with Gasteiger partial charge in [0.15, 0.2) is 6.61 Å². The summed E-state index contributed by atoms with van der Waals surface area (Å²) in [5.74, 6) is -0.442. The molecular weight excluding hydrogens is 400 g/mol. The predicted molar refractivity (Wildman–Crippen MR) is 113 cm³/mol. The fourth-order valence-corrected chi connectivity index (χ4v) is 3.58. The van der Waals surface area contributed by atoms with Crippen molar-refractivity contribution in [2.24, 2.45) is 0 Å². The Hall–Kier alpha value is -3.78. The Morgan fingerprint density at radius 2 is 2.07 bits per heavy atom. The molecule has 0 saturated heterocycles. The second-order valence-corrected chi connectivity index (χ2v) is 7.34. The molecule has 8 heteroatoms. The van der Waals surface area contributed by atoms with Gasteiger partial charge >= 0.3 is 11.8 Å². The zero-order valence-electron chi connectivity index (χ0n) is 15.9. The Bertz CT molecular complexity index is 1150. The van der Waals surface area contributed by atoms with Crippen LogP contribution in [0.15, 0.2) is 78.6 Å². The van der Waals surface area contributed by atoms with Crippen LogP contribution in [0.1, 0.15) is 17.0 Å². The van der Waals surface area contributed by atoms with Crippen LogP contribution in [0.25, 0.3) is 16.6 Å². The van der Waals surface area contributed by atoms with Crippen molar-refractivity contribution in [3.05, 3.63) is 101 Å². The maximum Gasteiger partial charge on any atom is 0.339 e. The molecule has 0 spiro atoms.